The number of amides is 7. The fourth-order valence-electron chi connectivity index (χ4n) is 13.3. The number of primary amides is 1. The Balaban J connectivity index is 1.25. The summed E-state index contributed by atoms with van der Waals surface area (Å²) in [6, 6.07) is 42.0. The quantitative estimate of drug-likeness (QED) is 0.0407. The van der Waals surface area contributed by atoms with E-state index in [2.05, 4.69) is 5.32 Å². The summed E-state index contributed by atoms with van der Waals surface area (Å²) in [6.07, 6.45) is 1.65. The summed E-state index contributed by atoms with van der Waals surface area (Å²) in [5.41, 5.74) is 7.16. The van der Waals surface area contributed by atoms with Gasteiger partial charge in [0.05, 0.1) is 43.3 Å². The molecule has 0 bridgehead atoms. The molecule has 19 nitrogen and oxygen atoms in total. The van der Waals surface area contributed by atoms with Crippen LogP contribution in [-0.4, -0.2) is 172 Å². The topological polar surface area (TPSA) is 224 Å². The van der Waals surface area contributed by atoms with Gasteiger partial charge < -0.3 is 50.9 Å². The van der Waals surface area contributed by atoms with E-state index in [-0.39, 0.29) is 37.4 Å². The molecule has 0 aromatic heterocycles. The number of hydroxylamine groups is 4. The van der Waals surface area contributed by atoms with Crippen molar-refractivity contribution in [3.8, 4) is 0 Å². The Morgan fingerprint density at radius 2 is 0.733 bits per heavy atom. The summed E-state index contributed by atoms with van der Waals surface area (Å²) in [6.45, 7) is 19.4. The lowest BCUT2D eigenvalue weighted by Gasteiger charge is -2.53. The van der Waals surface area contributed by atoms with Gasteiger partial charge in [-0.15, -0.1) is 0 Å². The van der Waals surface area contributed by atoms with Gasteiger partial charge in [0, 0.05) is 34.7 Å². The van der Waals surface area contributed by atoms with Crippen LogP contribution >= 0.6 is 0 Å². The van der Waals surface area contributed by atoms with E-state index in [4.69, 9.17) is 5.73 Å². The average molecular weight is 1230 g/mol. The number of benzene rings is 5. The molecule has 90 heavy (non-hydrogen) atoms. The molecule has 2 aliphatic heterocycles. The molecule has 5 unspecified atom stereocenters. The van der Waals surface area contributed by atoms with Gasteiger partial charge in [0.15, 0.2) is 0 Å². The standard InChI is InChI=1S/C71H96N10O9/c1-49-38-60(39-69(7,8)80(49)89)73-42-63(83)75(51(3)56-30-20-14-21-31-56)44-64(84)76(52(4)57-32-22-15-23-33-57)45-65(85)77(53(5)58-34-24-16-25-35-58)46-66(86)78(54(6)59-36-26-17-27-37-59)47-68(88)79(61-40-70(9,10)81(90)71(11,12)41-61)48-67(87)74(43-62(72)82)50(2)55-28-18-13-19-29-55/h13-37,49-54,60-61,73,89-90H,38-48H2,1-12H3,(H2,72,82)/t49?,50?,51-,52?,53-,54?,60?/m1/s1. The van der Waals surface area contributed by atoms with Gasteiger partial charge in [0.1, 0.15) is 32.7 Å². The number of nitrogens with two attached hydrogens (primary N) is 1. The van der Waals surface area contributed by atoms with Gasteiger partial charge in [-0.25, -0.2) is 0 Å². The van der Waals surface area contributed by atoms with Crippen molar-refractivity contribution in [2.45, 2.75) is 174 Å². The Morgan fingerprint density at radius 1 is 0.444 bits per heavy atom. The Morgan fingerprint density at radius 3 is 1.04 bits per heavy atom. The van der Waals surface area contributed by atoms with Crippen molar-refractivity contribution in [1.29, 1.82) is 0 Å². The molecule has 2 fully saturated rings. The van der Waals surface area contributed by atoms with E-state index in [0.717, 1.165) is 16.7 Å². The van der Waals surface area contributed by atoms with Crippen molar-refractivity contribution in [2.75, 3.05) is 45.8 Å². The van der Waals surface area contributed by atoms with Gasteiger partial charge in [-0.2, -0.15) is 10.1 Å². The second-order valence-electron chi connectivity index (χ2n) is 26.6. The summed E-state index contributed by atoms with van der Waals surface area (Å²) >= 11 is 0. The molecular weight excluding hydrogens is 1140 g/mol. The molecule has 5 aromatic carbocycles. The molecule has 0 radical (unpaired) electrons. The van der Waals surface area contributed by atoms with Crippen molar-refractivity contribution < 1.29 is 44.0 Å². The molecule has 2 heterocycles. The number of rotatable bonds is 26. The minimum atomic E-state index is -0.881. The minimum Gasteiger partial charge on any atom is -0.368 e. The molecule has 7 rings (SSSR count). The molecule has 19 heteroatoms. The highest BCUT2D eigenvalue weighted by molar-refractivity contribution is 5.93. The van der Waals surface area contributed by atoms with Crippen molar-refractivity contribution in [3.05, 3.63) is 179 Å². The molecule has 484 valence electrons. The predicted octanol–water partition coefficient (Wildman–Crippen LogP) is 9.27. The van der Waals surface area contributed by atoms with Gasteiger partial charge in [-0.3, -0.25) is 33.6 Å². The number of carbonyl (C=O) groups is 7. The molecule has 5 N–H and O–H groups in total. The zero-order valence-electron chi connectivity index (χ0n) is 54.7. The summed E-state index contributed by atoms with van der Waals surface area (Å²) in [4.78, 5) is 114. The monoisotopic (exact) mass is 1230 g/mol. The molecule has 2 aliphatic rings. The number of nitrogens with zero attached hydrogens (tertiary/aromatic N) is 8. The summed E-state index contributed by atoms with van der Waals surface area (Å²) < 4.78 is 0. The van der Waals surface area contributed by atoms with Crippen molar-refractivity contribution in [3.63, 3.8) is 0 Å². The number of carbonyl (C=O) groups excluding carboxylic acids is 7. The second-order valence-corrected chi connectivity index (χ2v) is 26.6. The number of hydrogen-bond acceptors (Lipinski definition) is 12. The molecule has 5 aromatic rings. The first-order valence-corrected chi connectivity index (χ1v) is 31.5. The molecular formula is C71H96N10O9. The van der Waals surface area contributed by atoms with Gasteiger partial charge in [0.25, 0.3) is 0 Å². The summed E-state index contributed by atoms with van der Waals surface area (Å²) in [5.74, 6) is -3.89. The normalized spacial score (nSPS) is 19.0. The maximum absolute atomic E-state index is 15.8. The fourth-order valence-corrected chi connectivity index (χ4v) is 13.3. The van der Waals surface area contributed by atoms with E-state index in [1.807, 2.05) is 221 Å². The smallest absolute Gasteiger partial charge is 0.243 e. The third kappa shape index (κ3) is 17.4. The van der Waals surface area contributed by atoms with Crippen molar-refractivity contribution >= 4 is 41.4 Å². The van der Waals surface area contributed by atoms with E-state index in [1.165, 1.54) is 39.5 Å². The molecule has 0 aliphatic carbocycles. The van der Waals surface area contributed by atoms with Crippen molar-refractivity contribution in [1.82, 2.24) is 44.8 Å². The summed E-state index contributed by atoms with van der Waals surface area (Å²) in [5, 5.41) is 28.4. The van der Waals surface area contributed by atoms with Gasteiger partial charge >= 0.3 is 0 Å². The molecule has 0 saturated carbocycles. The van der Waals surface area contributed by atoms with Crippen LogP contribution < -0.4 is 11.1 Å². The lowest BCUT2D eigenvalue weighted by molar-refractivity contribution is -0.251. The lowest BCUT2D eigenvalue weighted by atomic mass is 9.78. The lowest BCUT2D eigenvalue weighted by Crippen LogP contribution is -2.65. The van der Waals surface area contributed by atoms with Gasteiger partial charge in [-0.05, 0) is 137 Å². The fraction of sp³-hybridized carbons (Fsp3) is 0.479. The Kier molecular flexibility index (Phi) is 23.5. The van der Waals surface area contributed by atoms with E-state index >= 15 is 19.2 Å². The maximum atomic E-state index is 15.8. The highest BCUT2D eigenvalue weighted by atomic mass is 16.5. The molecule has 7 atom stereocenters. The van der Waals surface area contributed by atoms with Crippen LogP contribution in [0.4, 0.5) is 0 Å². The first-order chi connectivity index (χ1) is 42.5. The van der Waals surface area contributed by atoms with E-state index in [1.54, 1.807) is 13.8 Å². The zero-order chi connectivity index (χ0) is 65.8. The average Bonchev–Trinajstić information content (AvgIpc) is 0.797. The van der Waals surface area contributed by atoms with Crippen LogP contribution in [0.1, 0.15) is 167 Å². The number of hydrogen-bond donors (Lipinski definition) is 4. The van der Waals surface area contributed by atoms with Crippen LogP contribution in [0.2, 0.25) is 0 Å². The maximum Gasteiger partial charge on any atom is 0.243 e. The third-order valence-corrected chi connectivity index (χ3v) is 18.5. The van der Waals surface area contributed by atoms with E-state index in [0.29, 0.717) is 24.0 Å². The largest absolute Gasteiger partial charge is 0.368 e. The Bertz CT molecular complexity index is 3190. The number of nitrogens with one attached hydrogen (secondary N) is 1. The third-order valence-electron chi connectivity index (χ3n) is 18.5. The van der Waals surface area contributed by atoms with Gasteiger partial charge in [0.2, 0.25) is 41.4 Å². The van der Waals surface area contributed by atoms with Crippen LogP contribution in [0.25, 0.3) is 0 Å². The predicted molar refractivity (Wildman–Crippen MR) is 347 cm³/mol. The first kappa shape index (κ1) is 69.7. The highest BCUT2D eigenvalue weighted by Crippen LogP contribution is 2.40. The van der Waals surface area contributed by atoms with E-state index in [9.17, 15) is 24.8 Å². The van der Waals surface area contributed by atoms with Crippen LogP contribution in [0.5, 0.6) is 0 Å². The highest BCUT2D eigenvalue weighted by Gasteiger charge is 2.49. The SMILES string of the molecule is CC(c1ccccc1)N(CC(N)=O)C(=O)CN(C(=O)CN(C(=O)CN(C(=O)CN(C(=O)CN(C(=O)CNC1CC(C)N(O)C(C)(C)C1)[C@H](C)c1ccccc1)C(C)c1ccccc1)[C@H](C)c1ccccc1)C(C)c1ccccc1)C1CC(C)(C)N(O)C(C)(C)C1. The zero-order valence-corrected chi connectivity index (χ0v) is 54.7. The van der Waals surface area contributed by atoms with Crippen LogP contribution in [0.15, 0.2) is 152 Å². The van der Waals surface area contributed by atoms with Gasteiger partial charge in [-0.1, -0.05) is 152 Å². The Hall–Kier alpha value is -7.81. The minimum absolute atomic E-state index is 0.0887. The number of piperidine rings is 2. The van der Waals surface area contributed by atoms with Crippen LogP contribution in [-0.2, 0) is 33.6 Å². The molecule has 2 saturated heterocycles. The summed E-state index contributed by atoms with van der Waals surface area (Å²) in [7, 11) is 0. The second kappa shape index (κ2) is 30.3. The van der Waals surface area contributed by atoms with E-state index < -0.39 is 128 Å². The molecule has 0 spiro atoms. The van der Waals surface area contributed by atoms with Crippen LogP contribution in [0.3, 0.4) is 0 Å². The first-order valence-electron chi connectivity index (χ1n) is 31.5. The van der Waals surface area contributed by atoms with Crippen molar-refractivity contribution in [2.24, 2.45) is 5.73 Å². The van der Waals surface area contributed by atoms with Crippen LogP contribution in [0, 0.1) is 0 Å². The Labute approximate surface area is 532 Å². The molecule has 7 amide bonds.